The van der Waals surface area contributed by atoms with Gasteiger partial charge in [-0.25, -0.2) is 9.86 Å². The van der Waals surface area contributed by atoms with Gasteiger partial charge in [-0.1, -0.05) is 31.2 Å². The van der Waals surface area contributed by atoms with Crippen LogP contribution in [-0.4, -0.2) is 35.9 Å². The molecule has 1 aromatic heterocycles. The van der Waals surface area contributed by atoms with Crippen LogP contribution in [-0.2, 0) is 11.2 Å². The van der Waals surface area contributed by atoms with Crippen LogP contribution in [0.5, 0.6) is 11.5 Å². The van der Waals surface area contributed by atoms with E-state index in [1.165, 1.54) is 6.07 Å². The Morgan fingerprint density at radius 3 is 2.33 bits per heavy atom. The highest BCUT2D eigenvalue weighted by Gasteiger charge is 2.16. The average Bonchev–Trinajstić information content (AvgIpc) is 2.98. The van der Waals surface area contributed by atoms with Crippen molar-refractivity contribution in [1.82, 2.24) is 5.06 Å². The number of benzene rings is 3. The largest absolute Gasteiger partial charge is 0.494 e. The second-order valence-electron chi connectivity index (χ2n) is 9.11. The molecule has 0 radical (unpaired) electrons. The molecule has 4 rings (SSSR count). The lowest BCUT2D eigenvalue weighted by Crippen LogP contribution is -2.36. The molecule has 3 aromatic carbocycles. The Bertz CT molecular complexity index is 1490. The lowest BCUT2D eigenvalue weighted by molar-refractivity contribution is -0.163. The molecule has 1 heterocycles. The van der Waals surface area contributed by atoms with Crippen LogP contribution in [0.25, 0.3) is 22.1 Å². The summed E-state index contributed by atoms with van der Waals surface area (Å²) in [7, 11) is 0. The van der Waals surface area contributed by atoms with Gasteiger partial charge >= 0.3 is 5.63 Å². The number of carbonyl (C=O) groups is 1. The quantitative estimate of drug-likeness (QED) is 0.0777. The zero-order chi connectivity index (χ0) is 27.6. The Labute approximate surface area is 226 Å². The van der Waals surface area contributed by atoms with Gasteiger partial charge in [-0.15, -0.1) is 0 Å². The van der Waals surface area contributed by atoms with Gasteiger partial charge in [-0.2, -0.15) is 5.26 Å². The molecular weight excluding hydrogens is 496 g/mol. The predicted octanol–water partition coefficient (Wildman–Crippen LogP) is 5.74. The Balaban J connectivity index is 1.26. The van der Waals surface area contributed by atoms with Crippen LogP contribution < -0.4 is 15.1 Å². The zero-order valence-electron chi connectivity index (χ0n) is 21.7. The van der Waals surface area contributed by atoms with Crippen molar-refractivity contribution >= 4 is 17.4 Å². The van der Waals surface area contributed by atoms with Gasteiger partial charge in [0, 0.05) is 11.5 Å². The van der Waals surface area contributed by atoms with Crippen LogP contribution in [0.3, 0.4) is 0 Å². The number of rotatable bonds is 13. The van der Waals surface area contributed by atoms with Crippen LogP contribution in [0, 0.1) is 11.3 Å². The first-order chi connectivity index (χ1) is 19.0. The van der Waals surface area contributed by atoms with Gasteiger partial charge in [0.25, 0.3) is 0 Å². The lowest BCUT2D eigenvalue weighted by atomic mass is 10.0. The Morgan fingerprint density at radius 1 is 0.974 bits per heavy atom. The second-order valence-corrected chi connectivity index (χ2v) is 9.11. The van der Waals surface area contributed by atoms with Gasteiger partial charge in [0.2, 0.25) is 6.41 Å². The smallest absolute Gasteiger partial charge is 0.336 e. The maximum atomic E-state index is 11.7. The summed E-state index contributed by atoms with van der Waals surface area (Å²) < 4.78 is 17.0. The number of aryl methyl sites for hydroxylation is 1. The summed E-state index contributed by atoms with van der Waals surface area (Å²) in [6.07, 6.45) is 3.05. The van der Waals surface area contributed by atoms with Crippen molar-refractivity contribution in [3.63, 3.8) is 0 Å². The van der Waals surface area contributed by atoms with Crippen molar-refractivity contribution in [2.45, 2.75) is 38.6 Å². The van der Waals surface area contributed by atoms with Gasteiger partial charge in [0.05, 0.1) is 24.3 Å². The molecular formula is C31H30N2O6. The topological polar surface area (TPSA) is 113 Å². The van der Waals surface area contributed by atoms with Crippen molar-refractivity contribution in [1.29, 1.82) is 5.26 Å². The highest BCUT2D eigenvalue weighted by Crippen LogP contribution is 2.25. The minimum absolute atomic E-state index is 0.141. The van der Waals surface area contributed by atoms with E-state index in [4.69, 9.17) is 19.2 Å². The first-order valence-electron chi connectivity index (χ1n) is 12.9. The van der Waals surface area contributed by atoms with Gasteiger partial charge in [-0.3, -0.25) is 10.0 Å². The number of nitriles is 1. The van der Waals surface area contributed by atoms with E-state index >= 15 is 0 Å². The molecule has 1 unspecified atom stereocenters. The van der Waals surface area contributed by atoms with E-state index in [0.717, 1.165) is 22.1 Å². The highest BCUT2D eigenvalue weighted by molar-refractivity contribution is 5.81. The average molecular weight is 527 g/mol. The van der Waals surface area contributed by atoms with Crippen molar-refractivity contribution < 1.29 is 23.9 Å². The summed E-state index contributed by atoms with van der Waals surface area (Å²) in [4.78, 5) is 22.9. The fraction of sp³-hybridized carbons (Fsp3) is 0.258. The number of nitrogens with zero attached hydrogens (tertiary/aromatic N) is 2. The van der Waals surface area contributed by atoms with Crippen LogP contribution in [0.2, 0.25) is 0 Å². The molecule has 200 valence electrons. The molecule has 1 amide bonds. The van der Waals surface area contributed by atoms with Gasteiger partial charge in [0.15, 0.2) is 0 Å². The highest BCUT2D eigenvalue weighted by atomic mass is 16.5. The third-order valence-electron chi connectivity index (χ3n) is 6.51. The number of unbranched alkanes of at least 4 members (excludes halogenated alkanes) is 1. The summed E-state index contributed by atoms with van der Waals surface area (Å²) in [5, 5.41) is 20.5. The standard InChI is InChI=1S/C31H30N2O6/c1-2-23-17-31(35)39-30-15-14-28(18-29(23)30)37-16-4-3-5-26(33(36)21-34)20-38-27-12-10-25(11-13-27)24-8-6-22(19-32)7-9-24/h6-15,17-18,21,26,36H,2-5,16,20H2,1H3. The molecule has 1 N–H and O–H groups in total. The maximum absolute atomic E-state index is 11.7. The van der Waals surface area contributed by atoms with Crippen molar-refractivity contribution in [3.05, 3.63) is 94.3 Å². The number of hydroxylamine groups is 2. The normalized spacial score (nSPS) is 11.5. The van der Waals surface area contributed by atoms with E-state index in [9.17, 15) is 14.8 Å². The molecule has 4 aromatic rings. The van der Waals surface area contributed by atoms with E-state index in [1.807, 2.05) is 49.4 Å². The van der Waals surface area contributed by atoms with Crippen molar-refractivity contribution in [2.24, 2.45) is 0 Å². The maximum Gasteiger partial charge on any atom is 0.336 e. The first kappa shape index (κ1) is 27.4. The molecule has 0 aliphatic heterocycles. The van der Waals surface area contributed by atoms with Crippen molar-refractivity contribution in [3.8, 4) is 28.7 Å². The Kier molecular flexibility index (Phi) is 9.33. The Hall–Kier alpha value is -4.61. The minimum atomic E-state index is -0.503. The molecule has 1 atom stereocenters. The summed E-state index contributed by atoms with van der Waals surface area (Å²) in [6.45, 7) is 2.58. The molecule has 8 nitrogen and oxygen atoms in total. The summed E-state index contributed by atoms with van der Waals surface area (Å²) in [5.41, 5.74) is 3.67. The fourth-order valence-electron chi connectivity index (χ4n) is 4.31. The van der Waals surface area contributed by atoms with Gasteiger partial charge in [-0.05, 0) is 84.8 Å². The number of ether oxygens (including phenoxy) is 2. The first-order valence-corrected chi connectivity index (χ1v) is 12.9. The molecule has 0 saturated carbocycles. The summed E-state index contributed by atoms with van der Waals surface area (Å²) in [5.74, 6) is 1.31. The summed E-state index contributed by atoms with van der Waals surface area (Å²) >= 11 is 0. The van der Waals surface area contributed by atoms with Gasteiger partial charge in [0.1, 0.15) is 23.7 Å². The SMILES string of the molecule is CCc1cc(=O)oc2ccc(OCCCCC(COc3ccc(-c4ccc(C#N)cc4)cc3)N(O)C=O)cc12. The number of fused-ring (bicyclic) bond motifs is 1. The molecule has 0 spiro atoms. The van der Waals surface area contributed by atoms with Crippen LogP contribution in [0.15, 0.2) is 82.0 Å². The van der Waals surface area contributed by atoms with Crippen molar-refractivity contribution in [2.75, 3.05) is 13.2 Å². The van der Waals surface area contributed by atoms with E-state index in [-0.39, 0.29) is 12.2 Å². The molecule has 8 heteroatoms. The summed E-state index contributed by atoms with van der Waals surface area (Å²) in [6, 6.07) is 23.3. The van der Waals surface area contributed by atoms with E-state index < -0.39 is 6.04 Å². The van der Waals surface area contributed by atoms with Crippen LogP contribution in [0.1, 0.15) is 37.3 Å². The minimum Gasteiger partial charge on any atom is -0.494 e. The molecule has 0 fully saturated rings. The fourth-order valence-corrected chi connectivity index (χ4v) is 4.31. The third kappa shape index (κ3) is 7.24. The molecule has 0 bridgehead atoms. The van der Waals surface area contributed by atoms with Gasteiger partial charge < -0.3 is 13.9 Å². The third-order valence-corrected chi connectivity index (χ3v) is 6.51. The monoisotopic (exact) mass is 526 g/mol. The molecule has 0 aliphatic rings. The second kappa shape index (κ2) is 13.3. The number of hydrogen-bond donors (Lipinski definition) is 1. The molecule has 0 aliphatic carbocycles. The molecule has 0 saturated heterocycles. The number of hydrogen-bond acceptors (Lipinski definition) is 7. The number of carbonyl (C=O) groups excluding carboxylic acids is 1. The Morgan fingerprint density at radius 2 is 1.67 bits per heavy atom. The van der Waals surface area contributed by atoms with E-state index in [1.54, 1.807) is 24.3 Å². The van der Waals surface area contributed by atoms with E-state index in [0.29, 0.717) is 66.4 Å². The molecule has 39 heavy (non-hydrogen) atoms. The number of amides is 1. The van der Waals surface area contributed by atoms with Crippen LogP contribution >= 0.6 is 0 Å². The predicted molar refractivity (Wildman–Crippen MR) is 147 cm³/mol. The lowest BCUT2D eigenvalue weighted by Gasteiger charge is -2.22. The van der Waals surface area contributed by atoms with E-state index in [2.05, 4.69) is 6.07 Å². The zero-order valence-corrected chi connectivity index (χ0v) is 21.7. The van der Waals surface area contributed by atoms with Crippen LogP contribution in [0.4, 0.5) is 0 Å².